The molecule has 0 saturated carbocycles. The van der Waals surface area contributed by atoms with Crippen molar-refractivity contribution in [3.63, 3.8) is 0 Å². The second-order valence-electron chi connectivity index (χ2n) is 1.33. The van der Waals surface area contributed by atoms with Crippen LogP contribution in [0, 0.1) is 0 Å². The summed E-state index contributed by atoms with van der Waals surface area (Å²) in [6, 6.07) is 0. The molecule has 0 fully saturated rings. The minimum atomic E-state index is -3.77. The summed E-state index contributed by atoms with van der Waals surface area (Å²) in [5.41, 5.74) is 0. The fraction of sp³-hybridized carbons (Fsp3) is 1.00. The van der Waals surface area contributed by atoms with Crippen LogP contribution in [0.15, 0.2) is 0 Å². The van der Waals surface area contributed by atoms with E-state index in [2.05, 4.69) is 0 Å². The summed E-state index contributed by atoms with van der Waals surface area (Å²) in [6.45, 7) is 0. The SMILES string of the molecule is O=S(=O)(O)CCCCl.[Na]. The molecule has 1 N–H and O–H groups in total. The number of rotatable bonds is 3. The van der Waals surface area contributed by atoms with Crippen LogP contribution < -0.4 is 0 Å². The topological polar surface area (TPSA) is 54.4 Å². The third-order valence-corrected chi connectivity index (χ3v) is 1.61. The monoisotopic (exact) mass is 181 g/mol. The Morgan fingerprint density at radius 3 is 2.00 bits per heavy atom. The largest absolute Gasteiger partial charge is 0.286 e. The molecule has 0 spiro atoms. The molecule has 1 radical (unpaired) electrons. The van der Waals surface area contributed by atoms with Gasteiger partial charge < -0.3 is 0 Å². The predicted octanol–water partition coefficient (Wildman–Crippen LogP) is 0.122. The molecule has 6 heteroatoms. The van der Waals surface area contributed by atoms with Crippen LogP contribution >= 0.6 is 11.6 Å². The molecular weight excluding hydrogens is 175 g/mol. The molecule has 0 aliphatic heterocycles. The minimum absolute atomic E-state index is 0. The first-order chi connectivity index (χ1) is 3.56. The van der Waals surface area contributed by atoms with E-state index >= 15 is 0 Å². The summed E-state index contributed by atoms with van der Waals surface area (Å²) in [6.07, 6.45) is 0.306. The van der Waals surface area contributed by atoms with Gasteiger partial charge in [0.2, 0.25) is 0 Å². The van der Waals surface area contributed by atoms with E-state index < -0.39 is 10.1 Å². The molecule has 0 aromatic carbocycles. The molecule has 0 aromatic heterocycles. The molecule has 0 atom stereocenters. The Labute approximate surface area is 81.8 Å². The fourth-order valence-electron chi connectivity index (χ4n) is 0.237. The summed E-state index contributed by atoms with van der Waals surface area (Å²) in [5, 5.41) is 0. The summed E-state index contributed by atoms with van der Waals surface area (Å²) in [7, 11) is -3.77. The van der Waals surface area contributed by atoms with Crippen molar-refractivity contribution < 1.29 is 13.0 Å². The Morgan fingerprint density at radius 2 is 1.89 bits per heavy atom. The van der Waals surface area contributed by atoms with Gasteiger partial charge in [-0.3, -0.25) is 4.55 Å². The maximum atomic E-state index is 9.89. The average molecular weight is 182 g/mol. The van der Waals surface area contributed by atoms with Crippen LogP contribution in [-0.4, -0.2) is 54.2 Å². The van der Waals surface area contributed by atoms with Crippen molar-refractivity contribution in [3.8, 4) is 0 Å². The first-order valence-electron chi connectivity index (χ1n) is 2.07. The third kappa shape index (κ3) is 12.4. The van der Waals surface area contributed by atoms with Gasteiger partial charge in [-0.05, 0) is 6.42 Å². The van der Waals surface area contributed by atoms with Gasteiger partial charge in [0.1, 0.15) is 0 Å². The van der Waals surface area contributed by atoms with Crippen LogP contribution in [0.5, 0.6) is 0 Å². The van der Waals surface area contributed by atoms with Gasteiger partial charge in [-0.2, -0.15) is 8.42 Å². The first kappa shape index (κ1) is 12.8. The van der Waals surface area contributed by atoms with E-state index in [4.69, 9.17) is 16.2 Å². The average Bonchev–Trinajstić information content (AvgIpc) is 1.59. The second-order valence-corrected chi connectivity index (χ2v) is 3.28. The Bertz CT molecular complexity index is 143. The van der Waals surface area contributed by atoms with Gasteiger partial charge in [-0.25, -0.2) is 0 Å². The molecule has 0 bridgehead atoms. The van der Waals surface area contributed by atoms with E-state index in [0.717, 1.165) is 0 Å². The van der Waals surface area contributed by atoms with E-state index in [1.54, 1.807) is 0 Å². The van der Waals surface area contributed by atoms with Crippen molar-refractivity contribution in [1.29, 1.82) is 0 Å². The molecule has 0 aliphatic rings. The second kappa shape index (κ2) is 5.95. The molecule has 0 amide bonds. The van der Waals surface area contributed by atoms with Gasteiger partial charge in [-0.1, -0.05) is 0 Å². The predicted molar refractivity (Wildman–Crippen MR) is 37.5 cm³/mol. The van der Waals surface area contributed by atoms with Crippen LogP contribution in [0.25, 0.3) is 0 Å². The molecule has 0 rings (SSSR count). The van der Waals surface area contributed by atoms with E-state index in [1.165, 1.54) is 0 Å². The zero-order valence-corrected chi connectivity index (χ0v) is 8.74. The number of halogens is 1. The van der Waals surface area contributed by atoms with Gasteiger partial charge in [0.15, 0.2) is 0 Å². The van der Waals surface area contributed by atoms with Crippen LogP contribution in [-0.2, 0) is 10.1 Å². The van der Waals surface area contributed by atoms with Crippen LogP contribution in [0.4, 0.5) is 0 Å². The van der Waals surface area contributed by atoms with E-state index in [-0.39, 0.29) is 41.2 Å². The van der Waals surface area contributed by atoms with Crippen molar-refractivity contribution in [2.24, 2.45) is 0 Å². The quantitative estimate of drug-likeness (QED) is 0.382. The van der Waals surface area contributed by atoms with Crippen molar-refractivity contribution in [2.75, 3.05) is 11.6 Å². The molecule has 0 heterocycles. The van der Waals surface area contributed by atoms with E-state index in [0.29, 0.717) is 6.42 Å². The Morgan fingerprint density at radius 1 is 1.44 bits per heavy atom. The maximum Gasteiger partial charge on any atom is 0.264 e. The smallest absolute Gasteiger partial charge is 0.264 e. The molecule has 51 valence electrons. The van der Waals surface area contributed by atoms with Crippen LogP contribution in [0.2, 0.25) is 0 Å². The fourth-order valence-corrected chi connectivity index (χ4v) is 1.04. The van der Waals surface area contributed by atoms with Crippen molar-refractivity contribution >= 4 is 51.3 Å². The summed E-state index contributed by atoms with van der Waals surface area (Å²) in [5.74, 6) is 0.0241. The van der Waals surface area contributed by atoms with Crippen molar-refractivity contribution in [2.45, 2.75) is 6.42 Å². The van der Waals surface area contributed by atoms with Gasteiger partial charge in [-0.15, -0.1) is 11.6 Å². The van der Waals surface area contributed by atoms with Crippen LogP contribution in [0.3, 0.4) is 0 Å². The minimum Gasteiger partial charge on any atom is -0.286 e. The third-order valence-electron chi connectivity index (χ3n) is 0.536. The van der Waals surface area contributed by atoms with E-state index in [9.17, 15) is 8.42 Å². The molecule has 0 aromatic rings. The van der Waals surface area contributed by atoms with Crippen molar-refractivity contribution in [3.05, 3.63) is 0 Å². The summed E-state index contributed by atoms with van der Waals surface area (Å²) < 4.78 is 27.8. The van der Waals surface area contributed by atoms with Gasteiger partial charge >= 0.3 is 0 Å². The Hall–Kier alpha value is 1.20. The molecule has 3 nitrogen and oxygen atoms in total. The summed E-state index contributed by atoms with van der Waals surface area (Å²) >= 11 is 5.13. The van der Waals surface area contributed by atoms with Crippen LogP contribution in [0.1, 0.15) is 6.42 Å². The zero-order chi connectivity index (χ0) is 6.62. The zero-order valence-electron chi connectivity index (χ0n) is 5.17. The number of alkyl halides is 1. The summed E-state index contributed by atoms with van der Waals surface area (Å²) in [4.78, 5) is 0. The molecule has 0 aliphatic carbocycles. The van der Waals surface area contributed by atoms with Gasteiger partial charge in [0.05, 0.1) is 5.75 Å². The normalized spacial score (nSPS) is 10.4. The molecule has 0 unspecified atom stereocenters. The Balaban J connectivity index is 0. The van der Waals surface area contributed by atoms with E-state index in [1.807, 2.05) is 0 Å². The molecule has 0 saturated heterocycles. The number of hydrogen-bond donors (Lipinski definition) is 1. The van der Waals surface area contributed by atoms with Crippen molar-refractivity contribution in [1.82, 2.24) is 0 Å². The first-order valence-corrected chi connectivity index (χ1v) is 4.22. The Kier molecular flexibility index (Phi) is 8.48. The standard InChI is InChI=1S/C3H7ClO3S.Na/c4-2-1-3-8(5,6)7;/h1-3H2,(H,5,6,7);. The van der Waals surface area contributed by atoms with Gasteiger partial charge in [0, 0.05) is 35.4 Å². The molecule has 9 heavy (non-hydrogen) atoms. The maximum absolute atomic E-state index is 9.89. The molecular formula is C3H7ClNaO3S. The number of hydrogen-bond acceptors (Lipinski definition) is 2. The van der Waals surface area contributed by atoms with Gasteiger partial charge in [0.25, 0.3) is 10.1 Å².